The molecule has 0 aromatic heterocycles. The summed E-state index contributed by atoms with van der Waals surface area (Å²) in [6.45, 7) is 5.82. The lowest BCUT2D eigenvalue weighted by Gasteiger charge is -2.12. The first-order valence-corrected chi connectivity index (χ1v) is 3.20. The number of carbonyl (C=O) groups is 1. The van der Waals surface area contributed by atoms with Gasteiger partial charge in [-0.3, -0.25) is 0 Å². The van der Waals surface area contributed by atoms with Gasteiger partial charge in [0.05, 0.1) is 0 Å². The molecule has 0 radical (unpaired) electrons. The SMILES string of the molecule is C/C=C\CC(C)(C)C=O. The second kappa shape index (κ2) is 3.44. The number of hydrogen-bond acceptors (Lipinski definition) is 1. The molecule has 0 aliphatic rings. The van der Waals surface area contributed by atoms with E-state index in [0.29, 0.717) is 0 Å². The molecule has 0 saturated carbocycles. The van der Waals surface area contributed by atoms with Crippen LogP contribution in [0.3, 0.4) is 0 Å². The van der Waals surface area contributed by atoms with E-state index >= 15 is 0 Å². The smallest absolute Gasteiger partial charge is 0.125 e. The van der Waals surface area contributed by atoms with Gasteiger partial charge in [0.1, 0.15) is 6.29 Å². The Balaban J connectivity index is 3.71. The molecule has 0 N–H and O–H groups in total. The molecule has 1 nitrogen and oxygen atoms in total. The Labute approximate surface area is 56.8 Å². The summed E-state index contributed by atoms with van der Waals surface area (Å²) in [5, 5.41) is 0. The Kier molecular flexibility index (Phi) is 3.21. The normalized spacial score (nSPS) is 12.3. The zero-order valence-electron chi connectivity index (χ0n) is 6.35. The molecule has 0 aromatic rings. The van der Waals surface area contributed by atoms with Gasteiger partial charge in [-0.2, -0.15) is 0 Å². The zero-order valence-corrected chi connectivity index (χ0v) is 6.35. The molecule has 0 aliphatic carbocycles. The molecule has 0 unspecified atom stereocenters. The van der Waals surface area contributed by atoms with Gasteiger partial charge in [0.25, 0.3) is 0 Å². The fourth-order valence-corrected chi connectivity index (χ4v) is 0.470. The van der Waals surface area contributed by atoms with Crippen LogP contribution in [-0.2, 0) is 4.79 Å². The molecule has 52 valence electrons. The molecule has 0 heterocycles. The number of carbonyl (C=O) groups excluding carboxylic acids is 1. The summed E-state index contributed by atoms with van der Waals surface area (Å²) < 4.78 is 0. The molecule has 0 atom stereocenters. The van der Waals surface area contributed by atoms with E-state index in [1.54, 1.807) is 0 Å². The van der Waals surface area contributed by atoms with E-state index in [-0.39, 0.29) is 5.41 Å². The Morgan fingerprint density at radius 1 is 1.44 bits per heavy atom. The highest BCUT2D eigenvalue weighted by Gasteiger charge is 2.12. The maximum atomic E-state index is 10.3. The summed E-state index contributed by atoms with van der Waals surface area (Å²) in [5.41, 5.74) is -0.174. The molecule has 0 bridgehead atoms. The highest BCUT2D eigenvalue weighted by Crippen LogP contribution is 2.16. The van der Waals surface area contributed by atoms with Crippen LogP contribution in [0.1, 0.15) is 27.2 Å². The maximum Gasteiger partial charge on any atom is 0.125 e. The molecule has 0 amide bonds. The quantitative estimate of drug-likeness (QED) is 0.418. The van der Waals surface area contributed by atoms with E-state index in [4.69, 9.17) is 0 Å². The first kappa shape index (κ1) is 8.41. The van der Waals surface area contributed by atoms with Crippen molar-refractivity contribution in [2.75, 3.05) is 0 Å². The van der Waals surface area contributed by atoms with Crippen LogP contribution in [0.2, 0.25) is 0 Å². The topological polar surface area (TPSA) is 17.1 Å². The first-order valence-electron chi connectivity index (χ1n) is 3.20. The van der Waals surface area contributed by atoms with E-state index in [0.717, 1.165) is 12.7 Å². The van der Waals surface area contributed by atoms with E-state index < -0.39 is 0 Å². The average molecular weight is 126 g/mol. The van der Waals surface area contributed by atoms with Gasteiger partial charge in [0.15, 0.2) is 0 Å². The summed E-state index contributed by atoms with van der Waals surface area (Å²) in [5.74, 6) is 0. The largest absolute Gasteiger partial charge is 0.303 e. The van der Waals surface area contributed by atoms with Gasteiger partial charge in [0, 0.05) is 5.41 Å². The zero-order chi connectivity index (χ0) is 7.33. The molecular weight excluding hydrogens is 112 g/mol. The van der Waals surface area contributed by atoms with Crippen LogP contribution in [0.25, 0.3) is 0 Å². The average Bonchev–Trinajstić information content (AvgIpc) is 1.84. The number of allylic oxidation sites excluding steroid dienone is 2. The van der Waals surface area contributed by atoms with Crippen LogP contribution in [0.5, 0.6) is 0 Å². The minimum atomic E-state index is -0.174. The van der Waals surface area contributed by atoms with Crippen molar-refractivity contribution in [3.63, 3.8) is 0 Å². The van der Waals surface area contributed by atoms with Crippen LogP contribution in [-0.4, -0.2) is 6.29 Å². The van der Waals surface area contributed by atoms with Gasteiger partial charge in [-0.05, 0) is 13.3 Å². The lowest BCUT2D eigenvalue weighted by atomic mass is 9.91. The third kappa shape index (κ3) is 3.95. The van der Waals surface area contributed by atoms with Gasteiger partial charge in [-0.1, -0.05) is 26.0 Å². The van der Waals surface area contributed by atoms with Crippen molar-refractivity contribution in [3.05, 3.63) is 12.2 Å². The van der Waals surface area contributed by atoms with Crippen molar-refractivity contribution in [2.24, 2.45) is 5.41 Å². The van der Waals surface area contributed by atoms with Gasteiger partial charge in [-0.15, -0.1) is 0 Å². The minimum absolute atomic E-state index is 0.174. The van der Waals surface area contributed by atoms with E-state index in [9.17, 15) is 4.79 Å². The highest BCUT2D eigenvalue weighted by molar-refractivity contribution is 5.58. The Hall–Kier alpha value is -0.590. The van der Waals surface area contributed by atoms with Crippen LogP contribution in [0.15, 0.2) is 12.2 Å². The molecule has 0 fully saturated rings. The Morgan fingerprint density at radius 2 is 2.00 bits per heavy atom. The third-order valence-corrected chi connectivity index (χ3v) is 1.20. The van der Waals surface area contributed by atoms with Crippen LogP contribution < -0.4 is 0 Å². The Morgan fingerprint density at radius 3 is 2.33 bits per heavy atom. The van der Waals surface area contributed by atoms with E-state index in [1.165, 1.54) is 0 Å². The molecule has 1 heteroatoms. The predicted molar refractivity (Wildman–Crippen MR) is 39.3 cm³/mol. The minimum Gasteiger partial charge on any atom is -0.303 e. The summed E-state index contributed by atoms with van der Waals surface area (Å²) in [4.78, 5) is 10.3. The predicted octanol–water partition coefficient (Wildman–Crippen LogP) is 2.18. The maximum absolute atomic E-state index is 10.3. The van der Waals surface area contributed by atoms with Crippen molar-refractivity contribution < 1.29 is 4.79 Å². The molecule has 0 saturated heterocycles. The molecule has 9 heavy (non-hydrogen) atoms. The number of aldehydes is 1. The lowest BCUT2D eigenvalue weighted by molar-refractivity contribution is -0.114. The van der Waals surface area contributed by atoms with Gasteiger partial charge >= 0.3 is 0 Å². The number of hydrogen-bond donors (Lipinski definition) is 0. The van der Waals surface area contributed by atoms with Crippen molar-refractivity contribution in [1.29, 1.82) is 0 Å². The molecule has 0 rings (SSSR count). The van der Waals surface area contributed by atoms with Crippen molar-refractivity contribution in [1.82, 2.24) is 0 Å². The van der Waals surface area contributed by atoms with Gasteiger partial charge in [0.2, 0.25) is 0 Å². The molecular formula is C8H14O. The second-order valence-corrected chi connectivity index (χ2v) is 2.88. The fraction of sp³-hybridized carbons (Fsp3) is 0.625. The van der Waals surface area contributed by atoms with Crippen LogP contribution in [0, 0.1) is 5.41 Å². The Bertz CT molecular complexity index is 112. The number of rotatable bonds is 3. The summed E-state index contributed by atoms with van der Waals surface area (Å²) in [6, 6.07) is 0. The summed E-state index contributed by atoms with van der Waals surface area (Å²) in [6.07, 6.45) is 5.81. The second-order valence-electron chi connectivity index (χ2n) is 2.88. The standard InChI is InChI=1S/C8H14O/c1-4-5-6-8(2,3)7-9/h4-5,7H,6H2,1-3H3/b5-4-. The van der Waals surface area contributed by atoms with Crippen LogP contribution >= 0.6 is 0 Å². The highest BCUT2D eigenvalue weighted by atomic mass is 16.1. The van der Waals surface area contributed by atoms with Gasteiger partial charge < -0.3 is 4.79 Å². The summed E-state index contributed by atoms with van der Waals surface area (Å²) >= 11 is 0. The molecule has 0 aromatic carbocycles. The van der Waals surface area contributed by atoms with E-state index in [2.05, 4.69) is 0 Å². The first-order chi connectivity index (χ1) is 4.12. The van der Waals surface area contributed by atoms with Gasteiger partial charge in [-0.25, -0.2) is 0 Å². The van der Waals surface area contributed by atoms with Crippen molar-refractivity contribution in [3.8, 4) is 0 Å². The third-order valence-electron chi connectivity index (χ3n) is 1.20. The fourth-order valence-electron chi connectivity index (χ4n) is 0.470. The molecule has 0 spiro atoms. The molecule has 0 aliphatic heterocycles. The lowest BCUT2D eigenvalue weighted by Crippen LogP contribution is -2.10. The summed E-state index contributed by atoms with van der Waals surface area (Å²) in [7, 11) is 0. The van der Waals surface area contributed by atoms with E-state index in [1.807, 2.05) is 32.9 Å². The van der Waals surface area contributed by atoms with Crippen LogP contribution in [0.4, 0.5) is 0 Å². The van der Waals surface area contributed by atoms with Crippen molar-refractivity contribution >= 4 is 6.29 Å². The monoisotopic (exact) mass is 126 g/mol. The van der Waals surface area contributed by atoms with Crippen molar-refractivity contribution in [2.45, 2.75) is 27.2 Å².